The maximum atomic E-state index is 5.65. The van der Waals surface area contributed by atoms with Gasteiger partial charge in [-0.15, -0.1) is 0 Å². The number of nitrogens with zero attached hydrogens (tertiary/aromatic N) is 4. The van der Waals surface area contributed by atoms with Crippen molar-refractivity contribution in [1.29, 1.82) is 0 Å². The summed E-state index contributed by atoms with van der Waals surface area (Å²) in [5.41, 5.74) is 8.07. The molecule has 3 N–H and O–H groups in total. The lowest BCUT2D eigenvalue weighted by molar-refractivity contribution is 1.01. The van der Waals surface area contributed by atoms with E-state index in [1.807, 2.05) is 18.2 Å². The van der Waals surface area contributed by atoms with Crippen LogP contribution in [0.3, 0.4) is 0 Å². The van der Waals surface area contributed by atoms with Crippen LogP contribution >= 0.6 is 0 Å². The molecule has 0 spiro atoms. The number of nitrogens with one attached hydrogen (secondary N) is 1. The SMILES string of the molecule is Nc1nc(Cc2ccccn2)c2cn[nH]c2n1. The van der Waals surface area contributed by atoms with E-state index in [0.29, 0.717) is 12.1 Å². The number of nitrogens with two attached hydrogens (primary N) is 1. The van der Waals surface area contributed by atoms with E-state index in [-0.39, 0.29) is 5.95 Å². The molecule has 0 bridgehead atoms. The number of aromatic amines is 1. The van der Waals surface area contributed by atoms with Crippen molar-refractivity contribution in [2.75, 3.05) is 5.73 Å². The molecule has 84 valence electrons. The van der Waals surface area contributed by atoms with Gasteiger partial charge in [-0.05, 0) is 12.1 Å². The minimum Gasteiger partial charge on any atom is -0.368 e. The highest BCUT2D eigenvalue weighted by atomic mass is 15.2. The van der Waals surface area contributed by atoms with E-state index in [1.54, 1.807) is 12.4 Å². The first kappa shape index (κ1) is 9.71. The highest BCUT2D eigenvalue weighted by Crippen LogP contribution is 2.16. The maximum absolute atomic E-state index is 5.65. The second kappa shape index (κ2) is 3.82. The fourth-order valence-corrected chi connectivity index (χ4v) is 1.72. The van der Waals surface area contributed by atoms with Gasteiger partial charge in [0.2, 0.25) is 5.95 Å². The minimum absolute atomic E-state index is 0.243. The van der Waals surface area contributed by atoms with Gasteiger partial charge in [0.25, 0.3) is 0 Å². The normalized spacial score (nSPS) is 10.8. The Bertz CT molecular complexity index is 645. The van der Waals surface area contributed by atoms with Gasteiger partial charge in [-0.2, -0.15) is 10.1 Å². The molecule has 17 heavy (non-hydrogen) atoms. The van der Waals surface area contributed by atoms with Crippen molar-refractivity contribution < 1.29 is 0 Å². The van der Waals surface area contributed by atoms with E-state index < -0.39 is 0 Å². The van der Waals surface area contributed by atoms with Gasteiger partial charge in [-0.25, -0.2) is 4.98 Å². The summed E-state index contributed by atoms with van der Waals surface area (Å²) in [6.45, 7) is 0. The summed E-state index contributed by atoms with van der Waals surface area (Å²) in [7, 11) is 0. The monoisotopic (exact) mass is 226 g/mol. The summed E-state index contributed by atoms with van der Waals surface area (Å²) < 4.78 is 0. The Kier molecular flexibility index (Phi) is 2.18. The van der Waals surface area contributed by atoms with Crippen molar-refractivity contribution in [3.05, 3.63) is 42.0 Å². The summed E-state index contributed by atoms with van der Waals surface area (Å²) in [6, 6.07) is 5.77. The summed E-state index contributed by atoms with van der Waals surface area (Å²) in [5, 5.41) is 7.61. The van der Waals surface area contributed by atoms with E-state index in [2.05, 4.69) is 25.1 Å². The number of hydrogen-bond donors (Lipinski definition) is 2. The van der Waals surface area contributed by atoms with Crippen LogP contribution in [0.1, 0.15) is 11.4 Å². The molecule has 0 saturated heterocycles. The lowest BCUT2D eigenvalue weighted by Crippen LogP contribution is -2.01. The van der Waals surface area contributed by atoms with Gasteiger partial charge in [0, 0.05) is 18.3 Å². The number of fused-ring (bicyclic) bond motifs is 1. The molecule has 0 aliphatic carbocycles. The zero-order valence-electron chi connectivity index (χ0n) is 8.96. The molecule has 0 amide bonds. The largest absolute Gasteiger partial charge is 0.368 e. The van der Waals surface area contributed by atoms with Crippen molar-refractivity contribution in [2.24, 2.45) is 0 Å². The van der Waals surface area contributed by atoms with E-state index in [1.165, 1.54) is 0 Å². The number of rotatable bonds is 2. The third kappa shape index (κ3) is 1.80. The molecule has 3 rings (SSSR count). The number of H-pyrrole nitrogens is 1. The fourth-order valence-electron chi connectivity index (χ4n) is 1.72. The Hall–Kier alpha value is -2.50. The van der Waals surface area contributed by atoms with Gasteiger partial charge in [0.15, 0.2) is 5.65 Å². The van der Waals surface area contributed by atoms with Gasteiger partial charge in [0.05, 0.1) is 17.3 Å². The molecule has 0 fully saturated rings. The van der Waals surface area contributed by atoms with Crippen molar-refractivity contribution in [3.63, 3.8) is 0 Å². The van der Waals surface area contributed by atoms with Gasteiger partial charge in [-0.3, -0.25) is 10.1 Å². The van der Waals surface area contributed by atoms with Gasteiger partial charge < -0.3 is 5.73 Å². The second-order valence-electron chi connectivity index (χ2n) is 3.66. The van der Waals surface area contributed by atoms with E-state index in [9.17, 15) is 0 Å². The molecule has 0 aliphatic heterocycles. The lowest BCUT2D eigenvalue weighted by atomic mass is 10.1. The van der Waals surface area contributed by atoms with Crippen molar-refractivity contribution in [1.82, 2.24) is 25.1 Å². The Morgan fingerprint density at radius 1 is 1.24 bits per heavy atom. The van der Waals surface area contributed by atoms with Crippen LogP contribution in [0.4, 0.5) is 5.95 Å². The zero-order chi connectivity index (χ0) is 11.7. The molecule has 6 nitrogen and oxygen atoms in total. The van der Waals surface area contributed by atoms with Crippen molar-refractivity contribution in [2.45, 2.75) is 6.42 Å². The van der Waals surface area contributed by atoms with Crippen LogP contribution in [-0.4, -0.2) is 25.1 Å². The van der Waals surface area contributed by atoms with Crippen LogP contribution in [0.15, 0.2) is 30.6 Å². The molecule has 3 aromatic heterocycles. The highest BCUT2D eigenvalue weighted by molar-refractivity contribution is 5.77. The average molecular weight is 226 g/mol. The molecule has 6 heteroatoms. The van der Waals surface area contributed by atoms with Gasteiger partial charge in [-0.1, -0.05) is 6.07 Å². The number of aromatic nitrogens is 5. The Balaban J connectivity index is 2.08. The smallest absolute Gasteiger partial charge is 0.222 e. The topological polar surface area (TPSA) is 93.4 Å². The summed E-state index contributed by atoms with van der Waals surface area (Å²) in [5.74, 6) is 0.243. The standard InChI is InChI=1S/C11H10N6/c12-11-15-9(5-7-3-1-2-4-13-7)8-6-14-17-10(8)16-11/h1-4,6H,5H2,(H3,12,14,15,16,17). The molecule has 3 heterocycles. The second-order valence-corrected chi connectivity index (χ2v) is 3.66. The lowest BCUT2D eigenvalue weighted by Gasteiger charge is -2.02. The molecule has 0 aliphatic rings. The van der Waals surface area contributed by atoms with Gasteiger partial charge >= 0.3 is 0 Å². The molecule has 0 radical (unpaired) electrons. The van der Waals surface area contributed by atoms with Crippen LogP contribution in [0.25, 0.3) is 11.0 Å². The predicted molar refractivity (Wildman–Crippen MR) is 63.1 cm³/mol. The molecule has 0 saturated carbocycles. The predicted octanol–water partition coefficient (Wildman–Crippen LogP) is 0.921. The molecule has 0 atom stereocenters. The van der Waals surface area contributed by atoms with E-state index >= 15 is 0 Å². The molecule has 0 unspecified atom stereocenters. The van der Waals surface area contributed by atoms with Crippen LogP contribution < -0.4 is 5.73 Å². The summed E-state index contributed by atoms with van der Waals surface area (Å²) in [6.07, 6.45) is 4.07. The van der Waals surface area contributed by atoms with Gasteiger partial charge in [0.1, 0.15) is 0 Å². The Morgan fingerprint density at radius 2 is 2.18 bits per heavy atom. The highest BCUT2D eigenvalue weighted by Gasteiger charge is 2.08. The number of anilines is 1. The van der Waals surface area contributed by atoms with E-state index in [0.717, 1.165) is 16.8 Å². The maximum Gasteiger partial charge on any atom is 0.222 e. The Morgan fingerprint density at radius 3 is 3.00 bits per heavy atom. The van der Waals surface area contributed by atoms with Crippen LogP contribution in [0.2, 0.25) is 0 Å². The average Bonchev–Trinajstić information content (AvgIpc) is 2.78. The number of pyridine rings is 1. The first-order valence-electron chi connectivity index (χ1n) is 5.18. The van der Waals surface area contributed by atoms with Crippen LogP contribution in [-0.2, 0) is 6.42 Å². The third-order valence-corrected chi connectivity index (χ3v) is 2.48. The van der Waals surface area contributed by atoms with Crippen molar-refractivity contribution in [3.8, 4) is 0 Å². The summed E-state index contributed by atoms with van der Waals surface area (Å²) >= 11 is 0. The Labute approximate surface area is 96.9 Å². The fraction of sp³-hybridized carbons (Fsp3) is 0.0909. The van der Waals surface area contributed by atoms with Crippen LogP contribution in [0, 0.1) is 0 Å². The van der Waals surface area contributed by atoms with Crippen LogP contribution in [0.5, 0.6) is 0 Å². The number of hydrogen-bond acceptors (Lipinski definition) is 5. The first-order valence-corrected chi connectivity index (χ1v) is 5.18. The molecule has 0 aromatic carbocycles. The third-order valence-electron chi connectivity index (χ3n) is 2.48. The summed E-state index contributed by atoms with van der Waals surface area (Å²) in [4.78, 5) is 12.6. The van der Waals surface area contributed by atoms with Crippen molar-refractivity contribution >= 4 is 17.0 Å². The molecular weight excluding hydrogens is 216 g/mol. The van der Waals surface area contributed by atoms with E-state index in [4.69, 9.17) is 5.73 Å². The molecule has 3 aromatic rings. The first-order chi connectivity index (χ1) is 8.33. The number of nitrogen functional groups attached to an aromatic ring is 1. The minimum atomic E-state index is 0.243. The zero-order valence-corrected chi connectivity index (χ0v) is 8.96. The molecular formula is C11H10N6. The quantitative estimate of drug-likeness (QED) is 0.677.